The Labute approximate surface area is 867 Å². The van der Waals surface area contributed by atoms with Crippen molar-refractivity contribution in [1.29, 1.82) is 0 Å². The van der Waals surface area contributed by atoms with E-state index in [1.54, 1.807) is 103 Å². The van der Waals surface area contributed by atoms with Gasteiger partial charge in [0.2, 0.25) is 17.8 Å². The number of aliphatic hydroxyl groups excluding tert-OH is 1. The van der Waals surface area contributed by atoms with Gasteiger partial charge in [0.05, 0.1) is 59.8 Å². The highest BCUT2D eigenvalue weighted by molar-refractivity contribution is 6.15. The number of amides is 3. The van der Waals surface area contributed by atoms with E-state index in [2.05, 4.69) is 94.0 Å². The van der Waals surface area contributed by atoms with Crippen LogP contribution in [0.1, 0.15) is 137 Å². The summed E-state index contributed by atoms with van der Waals surface area (Å²) in [5.41, 5.74) is 15.0. The summed E-state index contributed by atoms with van der Waals surface area (Å²) in [5.74, 6) is 0.114. The van der Waals surface area contributed by atoms with E-state index in [0.29, 0.717) is 139 Å². The predicted octanol–water partition coefficient (Wildman–Crippen LogP) is 24.1. The summed E-state index contributed by atoms with van der Waals surface area (Å²) in [6.45, 7) is 18.4. The molecule has 0 spiro atoms. The molecule has 0 aliphatic carbocycles. The number of nitrogens with zero attached hydrogens (tertiary/aromatic N) is 12. The third kappa shape index (κ3) is 23.9. The monoisotopic (exact) mass is 2010 g/mol. The fraction of sp³-hybridized carbons (Fsp3) is 0.205. The van der Waals surface area contributed by atoms with Crippen LogP contribution >= 0.6 is 0 Å². The lowest BCUT2D eigenvalue weighted by atomic mass is 9.99. The Kier molecular flexibility index (Phi) is 34.8. The molecule has 0 atom stereocenters. The topological polar surface area (TPSA) is 316 Å². The Morgan fingerprint density at radius 1 is 0.353 bits per heavy atom. The molecule has 25 nitrogen and oxygen atoms in total. The van der Waals surface area contributed by atoms with Crippen LogP contribution in [0, 0.1) is 38.6 Å². The number of anilines is 9. The molecule has 28 heteroatoms. The number of phenols is 1. The predicted molar refractivity (Wildman–Crippen MR) is 587 cm³/mol. The van der Waals surface area contributed by atoms with E-state index < -0.39 is 29.8 Å². The summed E-state index contributed by atoms with van der Waals surface area (Å²) in [4.78, 5) is 118. The zero-order valence-electron chi connectivity index (χ0n) is 85.2. The van der Waals surface area contributed by atoms with Crippen LogP contribution in [0.4, 0.5) is 65.1 Å². The van der Waals surface area contributed by atoms with Gasteiger partial charge in [-0.2, -0.15) is 28.1 Å². The Balaban J connectivity index is 0.000000137. The number of carboxylic acid groups (broad SMARTS) is 2. The van der Waals surface area contributed by atoms with Gasteiger partial charge in [-0.15, -0.1) is 0 Å². The van der Waals surface area contributed by atoms with Gasteiger partial charge in [0.15, 0.2) is 23.7 Å². The second-order valence-electron chi connectivity index (χ2n) is 35.9. The molecule has 0 unspecified atom stereocenters. The standard InChI is InChI=1S/C28H25FN4O4.C28H27FN4O2.C16H17FN4O2.C13H12O2.C13H12O.C12H10O.C12H12O/c1-3-33-26-21(28(36)32(2)22-9-11-24(29)31-27(22)33)14-17(16-30-26)12-13-37-23-10-8-18(15-25(34)35)19-6-4-5-7-20(19)23;1-4-19-10-12-24(21-9-7-6-8-20(19)21)35-15-14-18-16-22-26(30-17-18)33(5-2)27-23(32(3)28(22)34)11-13-25(29)31-27;1-3-21-14-11(8-10(6-7-22)9-18-14)16(23)20(2)12-4-5-13(17)19-15(12)21;1-9-6-7-10(8-13(14)15)12-5-3-2-4-11(9)12;1-10-6-7-11(8-9-14)13-5-3-2-4-12(10)13;1-9-6-7-10(8-13)12-5-3-2-4-11(9)12;1-2-9-7-8-12(13)11-6-4-3-5-10(9)11/h4-11,14,16H,3,12-13,15H2,1-2H3,(H,34,35);6-13,16-17H,4-5,14-15H2,1-3H3;4-5,8-9,22H,3,6-7H2,1-2H3;2-7H,8H2,1H3,(H,14,15);2-7,9H,8H2,1H3;2-8H,1H3;3-8,13H,2H2,1H3. The summed E-state index contributed by atoms with van der Waals surface area (Å²) in [6, 6.07) is 84.9. The number of fused-ring (bicyclic) bond motifs is 12. The van der Waals surface area contributed by atoms with Gasteiger partial charge in [0.1, 0.15) is 41.0 Å². The minimum absolute atomic E-state index is 0.0189. The first-order valence-electron chi connectivity index (χ1n) is 49.6. The van der Waals surface area contributed by atoms with Crippen LogP contribution < -0.4 is 38.9 Å². The van der Waals surface area contributed by atoms with E-state index in [1.165, 1.54) is 76.9 Å². The Morgan fingerprint density at radius 3 is 1.03 bits per heavy atom. The summed E-state index contributed by atoms with van der Waals surface area (Å²) >= 11 is 0. The zero-order chi connectivity index (χ0) is 107. The van der Waals surface area contributed by atoms with Gasteiger partial charge in [0, 0.05) is 107 Å². The van der Waals surface area contributed by atoms with Crippen molar-refractivity contribution in [2.24, 2.45) is 0 Å². The molecule has 3 amide bonds. The number of carbonyl (C=O) groups is 7. The lowest BCUT2D eigenvalue weighted by molar-refractivity contribution is -0.137. The molecule has 0 saturated heterocycles. The summed E-state index contributed by atoms with van der Waals surface area (Å²) in [5, 5.41) is 49.6. The van der Waals surface area contributed by atoms with Crippen LogP contribution in [0.15, 0.2) is 292 Å². The van der Waals surface area contributed by atoms with Crippen molar-refractivity contribution in [2.75, 3.05) is 90.0 Å². The number of aromatic nitrogens is 6. The number of aldehydes is 2. The quantitative estimate of drug-likeness (QED) is 0.0362. The number of benzene rings is 12. The number of ether oxygens (including phenoxy) is 2. The van der Waals surface area contributed by atoms with Crippen molar-refractivity contribution < 1.29 is 76.6 Å². The van der Waals surface area contributed by atoms with Crippen LogP contribution in [0.25, 0.3) is 64.6 Å². The number of carbonyl (C=O) groups excluding carboxylic acids is 5. The van der Waals surface area contributed by atoms with Crippen LogP contribution in [-0.2, 0) is 65.8 Å². The third-order valence-corrected chi connectivity index (χ3v) is 26.6. The van der Waals surface area contributed by atoms with Crippen molar-refractivity contribution in [3.05, 3.63) is 393 Å². The highest BCUT2D eigenvalue weighted by atomic mass is 19.1. The molecule has 0 fully saturated rings. The van der Waals surface area contributed by atoms with Gasteiger partial charge >= 0.3 is 11.9 Å². The van der Waals surface area contributed by atoms with Crippen LogP contribution in [0.3, 0.4) is 0 Å². The van der Waals surface area contributed by atoms with Gasteiger partial charge in [0.25, 0.3) is 17.7 Å². The second kappa shape index (κ2) is 49.0. The van der Waals surface area contributed by atoms with Crippen molar-refractivity contribution in [2.45, 2.75) is 107 Å². The van der Waals surface area contributed by atoms with E-state index in [1.807, 2.05) is 198 Å². The maximum atomic E-state index is 14.0. The molecule has 9 heterocycles. The maximum absolute atomic E-state index is 14.0. The fourth-order valence-electron chi connectivity index (χ4n) is 18.8. The molecule has 3 aliphatic heterocycles. The third-order valence-electron chi connectivity index (χ3n) is 26.6. The minimum Gasteiger partial charge on any atom is -0.507 e. The lowest BCUT2D eigenvalue weighted by Gasteiger charge is -2.22. The number of aliphatic carboxylic acids is 2. The minimum atomic E-state index is -0.889. The average Bonchev–Trinajstić information content (AvgIpc) is 1.62. The van der Waals surface area contributed by atoms with E-state index in [0.717, 1.165) is 119 Å². The summed E-state index contributed by atoms with van der Waals surface area (Å²) in [6.07, 6.45) is 10.9. The zero-order valence-corrected chi connectivity index (χ0v) is 85.2. The first-order valence-corrected chi connectivity index (χ1v) is 49.6. The number of aliphatic hydroxyl groups is 1. The normalized spacial score (nSPS) is 12.1. The molecule has 12 aromatic carbocycles. The molecule has 4 N–H and O–H groups in total. The number of pyridine rings is 6. The molecule has 762 valence electrons. The van der Waals surface area contributed by atoms with E-state index in [-0.39, 0.29) is 37.2 Å². The van der Waals surface area contributed by atoms with Crippen molar-refractivity contribution in [3.8, 4) is 17.2 Å². The molecule has 150 heavy (non-hydrogen) atoms. The van der Waals surface area contributed by atoms with Crippen LogP contribution in [-0.4, -0.2) is 153 Å². The molecule has 6 aromatic heterocycles. The van der Waals surface area contributed by atoms with Gasteiger partial charge in [-0.25, -0.2) is 15.0 Å². The number of halogens is 3. The highest BCUT2D eigenvalue weighted by Crippen LogP contribution is 2.44. The maximum Gasteiger partial charge on any atom is 0.307 e. The first kappa shape index (κ1) is 107. The molecule has 0 radical (unpaired) electrons. The molecule has 18 aromatic rings. The molecular weight excluding hydrogens is 1900 g/mol. The Morgan fingerprint density at radius 2 is 0.660 bits per heavy atom. The number of carboxylic acids is 2. The Bertz CT molecular complexity index is 8110. The van der Waals surface area contributed by atoms with Crippen LogP contribution in [0.5, 0.6) is 17.2 Å². The number of phenolic OH excluding ortho intramolecular Hbond substituents is 1. The van der Waals surface area contributed by atoms with Crippen LogP contribution in [0.2, 0.25) is 0 Å². The molecular formula is C122H115F3N12O13. The van der Waals surface area contributed by atoms with Crippen molar-refractivity contribution in [3.63, 3.8) is 0 Å². The number of aryl methyl sites for hydroxylation is 5. The van der Waals surface area contributed by atoms with E-state index >= 15 is 0 Å². The first-order chi connectivity index (χ1) is 72.6. The number of hydrogen-bond donors (Lipinski definition) is 4. The van der Waals surface area contributed by atoms with E-state index in [4.69, 9.17) is 19.7 Å². The van der Waals surface area contributed by atoms with E-state index in [9.17, 15) is 56.9 Å². The Hall–Kier alpha value is -17.7. The van der Waals surface area contributed by atoms with Gasteiger partial charge in [-0.3, -0.25) is 28.8 Å². The highest BCUT2D eigenvalue weighted by Gasteiger charge is 2.35. The number of aromatic hydroxyl groups is 1. The fourth-order valence-corrected chi connectivity index (χ4v) is 18.8. The van der Waals surface area contributed by atoms with Crippen molar-refractivity contribution in [1.82, 2.24) is 29.9 Å². The molecule has 3 aliphatic rings. The average molecular weight is 2010 g/mol. The second-order valence-corrected chi connectivity index (χ2v) is 35.9. The van der Waals surface area contributed by atoms with Crippen molar-refractivity contribution >= 4 is 159 Å². The number of rotatable bonds is 22. The smallest absolute Gasteiger partial charge is 0.307 e. The molecule has 0 saturated carbocycles. The largest absolute Gasteiger partial charge is 0.507 e. The summed E-state index contributed by atoms with van der Waals surface area (Å²) in [7, 11) is 4.94. The lowest BCUT2D eigenvalue weighted by Crippen LogP contribution is -2.25. The SMILES string of the molecule is CCN1c2ncc(CCO)cc2C(=O)N(C)c2ccc(F)nc21.CCN1c2ncc(CCOc3ccc(CC(=O)O)c4ccccc34)cc2C(=O)N(C)c2ccc(F)nc21.CCc1ccc(O)c2ccccc12.CCc1ccc(OCCc2cnc3c(c2)C(=O)N(C)c2ccc(F)nc2N3CC)c2ccccc12.Cc1ccc(C=O)c2ccccc12.Cc1ccc(CC(=O)O)c2ccccc12.Cc1ccc(CC=O)c2ccccc12. The van der Waals surface area contributed by atoms with Gasteiger partial charge < -0.3 is 64.1 Å². The van der Waals surface area contributed by atoms with Gasteiger partial charge in [-0.05, 0) is 243 Å². The van der Waals surface area contributed by atoms with Gasteiger partial charge in [-0.1, -0.05) is 214 Å². The summed E-state index contributed by atoms with van der Waals surface area (Å²) < 4.78 is 53.7. The number of hydrogen-bond acceptors (Lipinski definition) is 20. The molecule has 0 bridgehead atoms. The molecule has 21 rings (SSSR count).